The van der Waals surface area contributed by atoms with Gasteiger partial charge in [-0.25, -0.2) is 0 Å². The molecule has 4 N–H and O–H groups in total. The monoisotopic (exact) mass is 193 g/mol. The molecule has 2 rings (SSSR count). The van der Waals surface area contributed by atoms with Gasteiger partial charge in [0.25, 0.3) is 0 Å². The van der Waals surface area contributed by atoms with E-state index < -0.39 is 11.5 Å². The molecule has 14 heavy (non-hydrogen) atoms. The fourth-order valence-electron chi connectivity index (χ4n) is 1.84. The second kappa shape index (κ2) is 2.72. The molecule has 0 spiro atoms. The minimum absolute atomic E-state index is 0.151. The summed E-state index contributed by atoms with van der Waals surface area (Å²) in [6, 6.07) is 4.85. The first kappa shape index (κ1) is 9.02. The quantitative estimate of drug-likeness (QED) is 0.598. The van der Waals surface area contributed by atoms with Crippen molar-refractivity contribution in [3.8, 4) is 5.75 Å². The third kappa shape index (κ3) is 1.24. The van der Waals surface area contributed by atoms with Crippen LogP contribution in [0.25, 0.3) is 0 Å². The average molecular weight is 193 g/mol. The Morgan fingerprint density at radius 1 is 1.36 bits per heavy atom. The Morgan fingerprint density at radius 2 is 2.00 bits per heavy atom. The van der Waals surface area contributed by atoms with Gasteiger partial charge in [-0.15, -0.1) is 0 Å². The molecule has 4 heteroatoms. The number of aromatic hydroxyl groups is 1. The highest BCUT2D eigenvalue weighted by Gasteiger charge is 2.40. The van der Waals surface area contributed by atoms with E-state index in [1.54, 1.807) is 18.2 Å². The van der Waals surface area contributed by atoms with Crippen molar-refractivity contribution in [3.63, 3.8) is 0 Å². The van der Waals surface area contributed by atoms with Crippen molar-refractivity contribution >= 4 is 5.97 Å². The Balaban J connectivity index is 2.39. The highest BCUT2D eigenvalue weighted by Crippen LogP contribution is 2.30. The first-order valence-electron chi connectivity index (χ1n) is 4.34. The van der Waals surface area contributed by atoms with Gasteiger partial charge in [0.05, 0.1) is 0 Å². The predicted molar refractivity (Wildman–Crippen MR) is 50.1 cm³/mol. The fourth-order valence-corrected chi connectivity index (χ4v) is 1.84. The number of carboxylic acid groups (broad SMARTS) is 1. The zero-order valence-electron chi connectivity index (χ0n) is 7.53. The zero-order valence-corrected chi connectivity index (χ0v) is 7.53. The molecule has 4 nitrogen and oxygen atoms in total. The van der Waals surface area contributed by atoms with Crippen LogP contribution in [0.5, 0.6) is 5.75 Å². The van der Waals surface area contributed by atoms with E-state index in [9.17, 15) is 9.90 Å². The third-order valence-electron chi connectivity index (χ3n) is 2.63. The summed E-state index contributed by atoms with van der Waals surface area (Å²) in [6.45, 7) is 0. The Hall–Kier alpha value is -1.55. The molecule has 0 saturated heterocycles. The van der Waals surface area contributed by atoms with Crippen LogP contribution >= 0.6 is 0 Å². The lowest BCUT2D eigenvalue weighted by molar-refractivity contribution is -0.142. The molecule has 1 atom stereocenters. The molecule has 0 aliphatic heterocycles. The van der Waals surface area contributed by atoms with Gasteiger partial charge in [-0.2, -0.15) is 0 Å². The van der Waals surface area contributed by atoms with Crippen molar-refractivity contribution in [1.29, 1.82) is 0 Å². The molecule has 1 aliphatic rings. The second-order valence-electron chi connectivity index (χ2n) is 3.77. The number of rotatable bonds is 1. The topological polar surface area (TPSA) is 83.6 Å². The summed E-state index contributed by atoms with van der Waals surface area (Å²) in [5.41, 5.74) is 6.26. The van der Waals surface area contributed by atoms with Crippen molar-refractivity contribution < 1.29 is 15.0 Å². The average Bonchev–Trinajstić information content (AvgIpc) is 2.42. The normalized spacial score (nSPS) is 24.6. The standard InChI is InChI=1S/C10H11NO3/c11-10(9(13)14)4-6-1-2-8(12)3-7(6)5-10/h1-3,12H,4-5,11H2,(H,13,14)/t10-/m1/s1. The maximum Gasteiger partial charge on any atom is 0.324 e. The maximum atomic E-state index is 10.9. The number of nitrogens with two attached hydrogens (primary N) is 1. The molecule has 1 aromatic carbocycles. The largest absolute Gasteiger partial charge is 0.508 e. The number of carbonyl (C=O) groups is 1. The number of aliphatic carboxylic acids is 1. The molecule has 0 aromatic heterocycles. The van der Waals surface area contributed by atoms with Crippen molar-refractivity contribution in [3.05, 3.63) is 29.3 Å². The molecular weight excluding hydrogens is 182 g/mol. The Labute approximate surface area is 81.0 Å². The van der Waals surface area contributed by atoms with Gasteiger partial charge in [-0.3, -0.25) is 4.79 Å². The van der Waals surface area contributed by atoms with E-state index in [1.165, 1.54) is 0 Å². The second-order valence-corrected chi connectivity index (χ2v) is 3.77. The number of hydrogen-bond donors (Lipinski definition) is 3. The van der Waals surface area contributed by atoms with Gasteiger partial charge in [0, 0.05) is 12.8 Å². The van der Waals surface area contributed by atoms with Gasteiger partial charge >= 0.3 is 5.97 Å². The first-order chi connectivity index (χ1) is 6.51. The lowest BCUT2D eigenvalue weighted by atomic mass is 9.98. The van der Waals surface area contributed by atoms with Crippen molar-refractivity contribution in [2.75, 3.05) is 0 Å². The van der Waals surface area contributed by atoms with Crippen molar-refractivity contribution in [1.82, 2.24) is 0 Å². The fraction of sp³-hybridized carbons (Fsp3) is 0.300. The zero-order chi connectivity index (χ0) is 10.3. The number of benzene rings is 1. The smallest absolute Gasteiger partial charge is 0.324 e. The number of carboxylic acids is 1. The molecule has 0 fully saturated rings. The van der Waals surface area contributed by atoms with Gasteiger partial charge in [-0.05, 0) is 23.3 Å². The lowest BCUT2D eigenvalue weighted by Crippen LogP contribution is -2.48. The molecule has 0 saturated carbocycles. The van der Waals surface area contributed by atoms with Gasteiger partial charge in [0.2, 0.25) is 0 Å². The minimum atomic E-state index is -1.20. The Kier molecular flexibility index (Phi) is 1.75. The summed E-state index contributed by atoms with van der Waals surface area (Å²) in [4.78, 5) is 10.9. The van der Waals surface area contributed by atoms with E-state index in [2.05, 4.69) is 0 Å². The van der Waals surface area contributed by atoms with Gasteiger partial charge < -0.3 is 15.9 Å². The van der Waals surface area contributed by atoms with Crippen LogP contribution in [0.2, 0.25) is 0 Å². The van der Waals surface area contributed by atoms with Crippen molar-refractivity contribution in [2.24, 2.45) is 5.73 Å². The molecule has 0 unspecified atom stereocenters. The van der Waals surface area contributed by atoms with E-state index >= 15 is 0 Å². The van der Waals surface area contributed by atoms with E-state index in [0.717, 1.165) is 11.1 Å². The van der Waals surface area contributed by atoms with Crippen LogP contribution < -0.4 is 5.73 Å². The van der Waals surface area contributed by atoms with E-state index in [-0.39, 0.29) is 12.2 Å². The Morgan fingerprint density at radius 3 is 2.64 bits per heavy atom. The van der Waals surface area contributed by atoms with Crippen LogP contribution in [0.15, 0.2) is 18.2 Å². The molecule has 0 amide bonds. The number of phenols is 1. The van der Waals surface area contributed by atoms with Crippen LogP contribution in [0.1, 0.15) is 11.1 Å². The van der Waals surface area contributed by atoms with Crippen molar-refractivity contribution in [2.45, 2.75) is 18.4 Å². The minimum Gasteiger partial charge on any atom is -0.508 e. The molecular formula is C10H11NO3. The maximum absolute atomic E-state index is 10.9. The first-order valence-corrected chi connectivity index (χ1v) is 4.34. The van der Waals surface area contributed by atoms with Crippen LogP contribution in [0, 0.1) is 0 Å². The summed E-state index contributed by atoms with van der Waals surface area (Å²) < 4.78 is 0. The van der Waals surface area contributed by atoms with Crippen LogP contribution in [0.3, 0.4) is 0 Å². The van der Waals surface area contributed by atoms with Gasteiger partial charge in [0.1, 0.15) is 11.3 Å². The summed E-state index contributed by atoms with van der Waals surface area (Å²) >= 11 is 0. The van der Waals surface area contributed by atoms with E-state index in [1.807, 2.05) is 0 Å². The number of hydrogen-bond acceptors (Lipinski definition) is 3. The summed E-state index contributed by atoms with van der Waals surface area (Å²) in [6.07, 6.45) is 0.615. The van der Waals surface area contributed by atoms with Crippen LogP contribution in [0.4, 0.5) is 0 Å². The molecule has 0 heterocycles. The summed E-state index contributed by atoms with van der Waals surface area (Å²) in [7, 11) is 0. The van der Waals surface area contributed by atoms with Crippen LogP contribution in [-0.4, -0.2) is 21.7 Å². The van der Waals surface area contributed by atoms with Gasteiger partial charge in [-0.1, -0.05) is 6.07 Å². The lowest BCUT2D eigenvalue weighted by Gasteiger charge is -2.16. The third-order valence-corrected chi connectivity index (χ3v) is 2.63. The van der Waals surface area contributed by atoms with Crippen LogP contribution in [-0.2, 0) is 17.6 Å². The van der Waals surface area contributed by atoms with E-state index in [0.29, 0.717) is 6.42 Å². The highest BCUT2D eigenvalue weighted by atomic mass is 16.4. The number of phenolic OH excluding ortho intramolecular Hbond substituents is 1. The molecule has 0 bridgehead atoms. The van der Waals surface area contributed by atoms with Gasteiger partial charge in [0.15, 0.2) is 0 Å². The molecule has 0 radical (unpaired) electrons. The summed E-state index contributed by atoms with van der Waals surface area (Å²) in [5.74, 6) is -0.841. The molecule has 1 aliphatic carbocycles. The molecule has 74 valence electrons. The summed E-state index contributed by atoms with van der Waals surface area (Å²) in [5, 5.41) is 18.1. The predicted octanol–water partition coefficient (Wildman–Crippen LogP) is 0.273. The Bertz CT molecular complexity index is 402. The SMILES string of the molecule is N[C@]1(C(=O)O)Cc2ccc(O)cc2C1. The number of fused-ring (bicyclic) bond motifs is 1. The van der Waals surface area contributed by atoms with E-state index in [4.69, 9.17) is 10.8 Å². The highest BCUT2D eigenvalue weighted by molar-refractivity contribution is 5.81. The molecule has 1 aromatic rings.